The van der Waals surface area contributed by atoms with Crippen LogP contribution in [0.15, 0.2) is 24.5 Å². The summed E-state index contributed by atoms with van der Waals surface area (Å²) < 4.78 is 0. The van der Waals surface area contributed by atoms with Gasteiger partial charge in [0, 0.05) is 24.5 Å². The van der Waals surface area contributed by atoms with E-state index in [-0.39, 0.29) is 12.0 Å². The molecule has 0 aromatic carbocycles. The zero-order valence-corrected chi connectivity index (χ0v) is 10.2. The fraction of sp³-hybridized carbons (Fsp3) is 0.538. The molecule has 92 valence electrons. The lowest BCUT2D eigenvalue weighted by Gasteiger charge is -2.30. The number of pyridine rings is 1. The van der Waals surface area contributed by atoms with Crippen molar-refractivity contribution in [2.24, 2.45) is 5.92 Å². The van der Waals surface area contributed by atoms with Crippen molar-refractivity contribution >= 4 is 5.97 Å². The number of likely N-dealkylation sites (tertiary alicyclic amines) is 1. The van der Waals surface area contributed by atoms with E-state index in [1.807, 2.05) is 12.1 Å². The Morgan fingerprint density at radius 1 is 1.47 bits per heavy atom. The first-order chi connectivity index (χ1) is 8.11. The zero-order chi connectivity index (χ0) is 12.4. The van der Waals surface area contributed by atoms with E-state index in [0.717, 1.165) is 18.5 Å². The molecule has 2 heterocycles. The molecule has 1 aromatic rings. The summed E-state index contributed by atoms with van der Waals surface area (Å²) in [5, 5.41) is 9.30. The SMILES string of the molecule is CC(C)N1CC[C@H](C(=O)O)[C@H]1c1ccncc1. The number of aliphatic carboxylic acids is 1. The Hall–Kier alpha value is -1.42. The molecular formula is C13H18N2O2. The van der Waals surface area contributed by atoms with Gasteiger partial charge in [-0.1, -0.05) is 0 Å². The van der Waals surface area contributed by atoms with Gasteiger partial charge >= 0.3 is 5.97 Å². The van der Waals surface area contributed by atoms with Crippen molar-refractivity contribution in [2.75, 3.05) is 6.54 Å². The van der Waals surface area contributed by atoms with Crippen molar-refractivity contribution in [3.8, 4) is 0 Å². The lowest BCUT2D eigenvalue weighted by atomic mass is 9.94. The number of carboxylic acids is 1. The summed E-state index contributed by atoms with van der Waals surface area (Å²) in [6, 6.07) is 4.18. The predicted molar refractivity (Wildman–Crippen MR) is 64.6 cm³/mol. The first kappa shape index (κ1) is 12.0. The van der Waals surface area contributed by atoms with Crippen LogP contribution in [-0.2, 0) is 4.79 Å². The van der Waals surface area contributed by atoms with Gasteiger partial charge in [0.1, 0.15) is 0 Å². The van der Waals surface area contributed by atoms with Crippen LogP contribution in [-0.4, -0.2) is 33.5 Å². The molecule has 1 aliphatic rings. The van der Waals surface area contributed by atoms with Gasteiger partial charge in [0.05, 0.1) is 5.92 Å². The third-order valence-electron chi connectivity index (χ3n) is 3.46. The number of carbonyl (C=O) groups is 1. The molecule has 2 atom stereocenters. The molecule has 0 spiro atoms. The number of hydrogen-bond acceptors (Lipinski definition) is 3. The van der Waals surface area contributed by atoms with Gasteiger partial charge in [-0.15, -0.1) is 0 Å². The highest BCUT2D eigenvalue weighted by Gasteiger charge is 2.40. The first-order valence-corrected chi connectivity index (χ1v) is 5.99. The number of rotatable bonds is 3. The molecule has 0 bridgehead atoms. The van der Waals surface area contributed by atoms with Crippen molar-refractivity contribution in [1.82, 2.24) is 9.88 Å². The second kappa shape index (κ2) is 4.84. The molecule has 2 rings (SSSR count). The first-order valence-electron chi connectivity index (χ1n) is 5.99. The average Bonchev–Trinajstić information content (AvgIpc) is 2.74. The topological polar surface area (TPSA) is 53.4 Å². The van der Waals surface area contributed by atoms with Crippen LogP contribution >= 0.6 is 0 Å². The van der Waals surface area contributed by atoms with Crippen molar-refractivity contribution in [3.05, 3.63) is 30.1 Å². The minimum atomic E-state index is -0.699. The summed E-state index contributed by atoms with van der Waals surface area (Å²) in [7, 11) is 0. The minimum absolute atomic E-state index is 0.0181. The Bertz CT molecular complexity index is 392. The molecule has 4 heteroatoms. The van der Waals surface area contributed by atoms with Gasteiger partial charge in [-0.3, -0.25) is 14.7 Å². The van der Waals surface area contributed by atoms with Gasteiger partial charge in [0.25, 0.3) is 0 Å². The highest BCUT2D eigenvalue weighted by atomic mass is 16.4. The van der Waals surface area contributed by atoms with Crippen molar-refractivity contribution < 1.29 is 9.90 Å². The standard InChI is InChI=1S/C13H18N2O2/c1-9(2)15-8-5-11(13(16)17)12(15)10-3-6-14-7-4-10/h3-4,6-7,9,11-12H,5,8H2,1-2H3,(H,16,17)/t11-,12+/m0/s1. The van der Waals surface area contributed by atoms with E-state index in [2.05, 4.69) is 23.7 Å². The largest absolute Gasteiger partial charge is 0.481 e. The van der Waals surface area contributed by atoms with E-state index in [1.165, 1.54) is 0 Å². The van der Waals surface area contributed by atoms with Gasteiger partial charge in [-0.2, -0.15) is 0 Å². The molecule has 0 unspecified atom stereocenters. The lowest BCUT2D eigenvalue weighted by molar-refractivity contribution is -0.142. The minimum Gasteiger partial charge on any atom is -0.481 e. The number of nitrogens with zero attached hydrogens (tertiary/aromatic N) is 2. The molecule has 0 aliphatic carbocycles. The van der Waals surface area contributed by atoms with Gasteiger partial charge < -0.3 is 5.11 Å². The highest BCUT2D eigenvalue weighted by Crippen LogP contribution is 2.38. The van der Waals surface area contributed by atoms with Crippen LogP contribution < -0.4 is 0 Å². The maximum atomic E-state index is 11.3. The van der Waals surface area contributed by atoms with E-state index < -0.39 is 5.97 Å². The lowest BCUT2D eigenvalue weighted by Crippen LogP contribution is -2.33. The molecule has 1 saturated heterocycles. The Labute approximate surface area is 101 Å². The summed E-state index contributed by atoms with van der Waals surface area (Å²) in [5.41, 5.74) is 1.05. The number of carboxylic acid groups (broad SMARTS) is 1. The van der Waals surface area contributed by atoms with Gasteiger partial charge in [0.15, 0.2) is 0 Å². The molecular weight excluding hydrogens is 216 g/mol. The maximum absolute atomic E-state index is 11.3. The quantitative estimate of drug-likeness (QED) is 0.868. The molecule has 0 radical (unpaired) electrons. The molecule has 1 N–H and O–H groups in total. The van der Waals surface area contributed by atoms with Crippen LogP contribution in [0.1, 0.15) is 31.9 Å². The summed E-state index contributed by atoms with van der Waals surface area (Å²) in [4.78, 5) is 17.6. The highest BCUT2D eigenvalue weighted by molar-refractivity contribution is 5.71. The van der Waals surface area contributed by atoms with E-state index >= 15 is 0 Å². The molecule has 0 amide bonds. The second-order valence-electron chi connectivity index (χ2n) is 4.79. The fourth-order valence-corrected chi connectivity index (χ4v) is 2.64. The van der Waals surface area contributed by atoms with Crippen molar-refractivity contribution in [1.29, 1.82) is 0 Å². The number of aromatic nitrogens is 1. The van der Waals surface area contributed by atoms with Gasteiger partial charge in [-0.25, -0.2) is 0 Å². The summed E-state index contributed by atoms with van der Waals surface area (Å²) in [6.07, 6.45) is 4.18. The average molecular weight is 234 g/mol. The number of hydrogen-bond donors (Lipinski definition) is 1. The van der Waals surface area contributed by atoms with Gasteiger partial charge in [-0.05, 0) is 44.5 Å². The summed E-state index contributed by atoms with van der Waals surface area (Å²) in [5.74, 6) is -1.00. The van der Waals surface area contributed by atoms with E-state index in [4.69, 9.17) is 0 Å². The zero-order valence-electron chi connectivity index (χ0n) is 10.2. The summed E-state index contributed by atoms with van der Waals surface area (Å²) in [6.45, 7) is 5.07. The van der Waals surface area contributed by atoms with Crippen LogP contribution in [0.5, 0.6) is 0 Å². The summed E-state index contributed by atoms with van der Waals surface area (Å²) >= 11 is 0. The smallest absolute Gasteiger partial charge is 0.308 e. The predicted octanol–water partition coefficient (Wildman–Crippen LogP) is 1.94. The fourth-order valence-electron chi connectivity index (χ4n) is 2.64. The van der Waals surface area contributed by atoms with Crippen molar-refractivity contribution in [2.45, 2.75) is 32.4 Å². The monoisotopic (exact) mass is 234 g/mol. The van der Waals surface area contributed by atoms with E-state index in [1.54, 1.807) is 12.4 Å². The molecule has 1 aliphatic heterocycles. The van der Waals surface area contributed by atoms with Crippen LogP contribution in [0.3, 0.4) is 0 Å². The van der Waals surface area contributed by atoms with Crippen molar-refractivity contribution in [3.63, 3.8) is 0 Å². The Kier molecular flexibility index (Phi) is 3.43. The third-order valence-corrected chi connectivity index (χ3v) is 3.46. The van der Waals surface area contributed by atoms with Crippen LogP contribution in [0.2, 0.25) is 0 Å². The van der Waals surface area contributed by atoms with E-state index in [0.29, 0.717) is 6.04 Å². The van der Waals surface area contributed by atoms with Crippen LogP contribution in [0.25, 0.3) is 0 Å². The molecule has 4 nitrogen and oxygen atoms in total. The Morgan fingerprint density at radius 2 is 2.12 bits per heavy atom. The molecule has 1 fully saturated rings. The third kappa shape index (κ3) is 2.31. The van der Waals surface area contributed by atoms with Crippen LogP contribution in [0, 0.1) is 5.92 Å². The maximum Gasteiger partial charge on any atom is 0.308 e. The second-order valence-corrected chi connectivity index (χ2v) is 4.79. The van der Waals surface area contributed by atoms with Crippen LogP contribution in [0.4, 0.5) is 0 Å². The Morgan fingerprint density at radius 3 is 2.65 bits per heavy atom. The molecule has 0 saturated carbocycles. The molecule has 17 heavy (non-hydrogen) atoms. The van der Waals surface area contributed by atoms with E-state index in [9.17, 15) is 9.90 Å². The van der Waals surface area contributed by atoms with Gasteiger partial charge in [0.2, 0.25) is 0 Å². The normalized spacial score (nSPS) is 25.4. The molecule has 1 aromatic heterocycles. The Balaban J connectivity index is 2.33.